The van der Waals surface area contributed by atoms with Crippen molar-refractivity contribution in [2.24, 2.45) is 5.73 Å². The molecule has 0 aromatic carbocycles. The summed E-state index contributed by atoms with van der Waals surface area (Å²) in [6, 6.07) is 0. The third kappa shape index (κ3) is 16.9. The number of rotatable bonds is 1. The van der Waals surface area contributed by atoms with Crippen molar-refractivity contribution in [2.45, 2.75) is 0 Å². The summed E-state index contributed by atoms with van der Waals surface area (Å²) in [5.74, 6) is 0. The first-order valence-electron chi connectivity index (χ1n) is 1.89. The van der Waals surface area contributed by atoms with Crippen LogP contribution in [0.2, 0.25) is 0 Å². The Bertz CT molecular complexity index is 116. The Balaban J connectivity index is 0. The van der Waals surface area contributed by atoms with E-state index in [0.29, 0.717) is 0 Å². The SMILES string of the molecule is CN.COS(C)(=O)=O. The second-order valence-electron chi connectivity index (χ2n) is 0.871. The average molecular weight is 141 g/mol. The van der Waals surface area contributed by atoms with E-state index in [4.69, 9.17) is 0 Å². The van der Waals surface area contributed by atoms with Crippen molar-refractivity contribution >= 4 is 10.1 Å². The molecule has 52 valence electrons. The highest BCUT2D eigenvalue weighted by Gasteiger charge is 1.90. The lowest BCUT2D eigenvalue weighted by Crippen LogP contribution is -1.95. The fourth-order valence-electron chi connectivity index (χ4n) is 0. The summed E-state index contributed by atoms with van der Waals surface area (Å²) in [5.41, 5.74) is 4.50. The highest BCUT2D eigenvalue weighted by molar-refractivity contribution is 7.85. The van der Waals surface area contributed by atoms with Crippen molar-refractivity contribution in [2.75, 3.05) is 20.4 Å². The first-order valence-corrected chi connectivity index (χ1v) is 3.71. The van der Waals surface area contributed by atoms with Gasteiger partial charge in [0.05, 0.1) is 13.4 Å². The molecule has 8 heavy (non-hydrogen) atoms. The third-order valence-corrected chi connectivity index (χ3v) is 0.908. The zero-order valence-electron chi connectivity index (χ0n) is 5.21. The molecule has 0 radical (unpaired) electrons. The summed E-state index contributed by atoms with van der Waals surface area (Å²) in [6.45, 7) is 0. The highest BCUT2D eigenvalue weighted by atomic mass is 32.2. The van der Waals surface area contributed by atoms with Gasteiger partial charge in [0, 0.05) is 0 Å². The summed E-state index contributed by atoms with van der Waals surface area (Å²) in [6.07, 6.45) is 0.993. The van der Waals surface area contributed by atoms with Gasteiger partial charge < -0.3 is 5.73 Å². The smallest absolute Gasteiger partial charge is 0.264 e. The minimum atomic E-state index is -3.16. The van der Waals surface area contributed by atoms with Crippen LogP contribution in [0, 0.1) is 0 Å². The number of nitrogens with two attached hydrogens (primary N) is 1. The molecule has 0 aliphatic heterocycles. The molecule has 2 N–H and O–H groups in total. The molecule has 5 heteroatoms. The molecule has 0 atom stereocenters. The van der Waals surface area contributed by atoms with Gasteiger partial charge in [-0.3, -0.25) is 4.18 Å². The molecule has 0 aromatic rings. The summed E-state index contributed by atoms with van der Waals surface area (Å²) >= 11 is 0. The van der Waals surface area contributed by atoms with E-state index in [1.165, 1.54) is 7.05 Å². The van der Waals surface area contributed by atoms with E-state index in [1.807, 2.05) is 0 Å². The second-order valence-corrected chi connectivity index (χ2v) is 2.61. The summed E-state index contributed by atoms with van der Waals surface area (Å²) < 4.78 is 23.5. The largest absolute Gasteiger partial charge is 0.333 e. The predicted octanol–water partition coefficient (Wildman–Crippen LogP) is -0.833. The monoisotopic (exact) mass is 141 g/mol. The van der Waals surface area contributed by atoms with Gasteiger partial charge in [-0.2, -0.15) is 8.42 Å². The van der Waals surface area contributed by atoms with Crippen molar-refractivity contribution < 1.29 is 12.6 Å². The second kappa shape index (κ2) is 5.02. The van der Waals surface area contributed by atoms with Gasteiger partial charge in [0.1, 0.15) is 0 Å². The molecular formula is C3H11NO3S. The summed E-state index contributed by atoms with van der Waals surface area (Å²) in [5, 5.41) is 0. The lowest BCUT2D eigenvalue weighted by Gasteiger charge is -1.84. The third-order valence-electron chi connectivity index (χ3n) is 0.303. The zero-order valence-corrected chi connectivity index (χ0v) is 6.03. The van der Waals surface area contributed by atoms with Gasteiger partial charge in [-0.25, -0.2) is 0 Å². The van der Waals surface area contributed by atoms with Gasteiger partial charge in [-0.05, 0) is 7.05 Å². The molecule has 0 amide bonds. The normalized spacial score (nSPS) is 9.50. The van der Waals surface area contributed by atoms with Crippen molar-refractivity contribution in [3.63, 3.8) is 0 Å². The molecule has 0 spiro atoms. The van der Waals surface area contributed by atoms with Gasteiger partial charge in [0.2, 0.25) is 0 Å². The Morgan fingerprint density at radius 3 is 1.50 bits per heavy atom. The van der Waals surface area contributed by atoms with Crippen LogP contribution >= 0.6 is 0 Å². The van der Waals surface area contributed by atoms with Gasteiger partial charge in [-0.15, -0.1) is 0 Å². The lowest BCUT2D eigenvalue weighted by molar-refractivity contribution is 0.403. The van der Waals surface area contributed by atoms with E-state index in [2.05, 4.69) is 9.92 Å². The highest BCUT2D eigenvalue weighted by Crippen LogP contribution is 1.75. The molecule has 0 aliphatic rings. The Hall–Kier alpha value is -0.130. The van der Waals surface area contributed by atoms with Crippen LogP contribution in [0.15, 0.2) is 0 Å². The van der Waals surface area contributed by atoms with Crippen LogP contribution in [0.1, 0.15) is 0 Å². The number of hydrogen-bond acceptors (Lipinski definition) is 4. The lowest BCUT2D eigenvalue weighted by atomic mass is 11.6. The van der Waals surface area contributed by atoms with E-state index in [9.17, 15) is 8.42 Å². The predicted molar refractivity (Wildman–Crippen MR) is 32.0 cm³/mol. The molecule has 0 saturated carbocycles. The van der Waals surface area contributed by atoms with E-state index in [1.54, 1.807) is 0 Å². The van der Waals surface area contributed by atoms with Crippen LogP contribution in [0.5, 0.6) is 0 Å². The Morgan fingerprint density at radius 2 is 1.50 bits per heavy atom. The van der Waals surface area contributed by atoms with E-state index in [0.717, 1.165) is 13.4 Å². The van der Waals surface area contributed by atoms with Crippen LogP contribution in [0.25, 0.3) is 0 Å². The molecule has 0 fully saturated rings. The van der Waals surface area contributed by atoms with Crippen molar-refractivity contribution in [3.8, 4) is 0 Å². The maximum atomic E-state index is 9.78. The summed E-state index contributed by atoms with van der Waals surface area (Å²) in [7, 11) is -0.542. The van der Waals surface area contributed by atoms with Crippen LogP contribution in [0.3, 0.4) is 0 Å². The average Bonchev–Trinajstić information content (AvgIpc) is 1.71. The maximum Gasteiger partial charge on any atom is 0.264 e. The zero-order chi connectivity index (χ0) is 7.21. The fourth-order valence-corrected chi connectivity index (χ4v) is 0. The molecule has 0 aliphatic carbocycles. The Morgan fingerprint density at radius 1 is 1.38 bits per heavy atom. The van der Waals surface area contributed by atoms with E-state index >= 15 is 0 Å². The molecule has 0 saturated heterocycles. The van der Waals surface area contributed by atoms with Gasteiger partial charge in [0.15, 0.2) is 0 Å². The van der Waals surface area contributed by atoms with Crippen LogP contribution in [0.4, 0.5) is 0 Å². The number of hydrogen-bond donors (Lipinski definition) is 1. The Labute approximate surface area is 49.8 Å². The van der Waals surface area contributed by atoms with Crippen molar-refractivity contribution in [1.82, 2.24) is 0 Å². The van der Waals surface area contributed by atoms with Gasteiger partial charge >= 0.3 is 0 Å². The van der Waals surface area contributed by atoms with Gasteiger partial charge in [-0.1, -0.05) is 0 Å². The van der Waals surface area contributed by atoms with Gasteiger partial charge in [0.25, 0.3) is 10.1 Å². The fraction of sp³-hybridized carbons (Fsp3) is 1.00. The maximum absolute atomic E-state index is 9.78. The molecule has 4 nitrogen and oxygen atoms in total. The molecule has 0 aromatic heterocycles. The van der Waals surface area contributed by atoms with E-state index in [-0.39, 0.29) is 0 Å². The molecular weight excluding hydrogens is 130 g/mol. The van der Waals surface area contributed by atoms with Crippen LogP contribution in [-0.2, 0) is 14.3 Å². The molecule has 0 bridgehead atoms. The van der Waals surface area contributed by atoms with Crippen molar-refractivity contribution in [3.05, 3.63) is 0 Å². The van der Waals surface area contributed by atoms with Crippen LogP contribution < -0.4 is 5.73 Å². The summed E-state index contributed by atoms with van der Waals surface area (Å²) in [4.78, 5) is 0. The standard InChI is InChI=1S/C2H6O3S.CH5N/c1-5-6(2,3)4;1-2/h1-2H3;2H2,1H3. The van der Waals surface area contributed by atoms with Crippen LogP contribution in [-0.4, -0.2) is 28.8 Å². The Kier molecular flexibility index (Phi) is 6.76. The molecule has 0 rings (SSSR count). The quantitative estimate of drug-likeness (QED) is 0.484. The first-order chi connectivity index (χ1) is 3.56. The van der Waals surface area contributed by atoms with Crippen molar-refractivity contribution in [1.29, 1.82) is 0 Å². The first kappa shape index (κ1) is 10.8. The molecule has 0 heterocycles. The van der Waals surface area contributed by atoms with E-state index < -0.39 is 10.1 Å². The minimum Gasteiger partial charge on any atom is -0.333 e. The topological polar surface area (TPSA) is 69.4 Å². The molecule has 0 unspecified atom stereocenters. The minimum absolute atomic E-state index is 0.993.